The second-order valence-corrected chi connectivity index (χ2v) is 6.83. The lowest BCUT2D eigenvalue weighted by atomic mass is 9.92. The number of aromatic amines is 1. The van der Waals surface area contributed by atoms with Gasteiger partial charge in [0, 0.05) is 18.3 Å². The van der Waals surface area contributed by atoms with Crippen LogP contribution < -0.4 is 10.6 Å². The molecular formula is C16H19ClN4O2. The number of hydrogen-bond donors (Lipinski definition) is 3. The average Bonchev–Trinajstić information content (AvgIpc) is 2.91. The highest BCUT2D eigenvalue weighted by Gasteiger charge is 2.17. The lowest BCUT2D eigenvalue weighted by Crippen LogP contribution is -2.20. The number of carbonyl (C=O) groups excluding carboxylic acids is 2. The number of halogens is 1. The molecule has 1 aromatic heterocycles. The van der Waals surface area contributed by atoms with Crippen molar-refractivity contribution in [3.63, 3.8) is 0 Å². The first kappa shape index (κ1) is 17.0. The SMILES string of the molecule is CC(C)(C)CC(=O)Nc1ccc(Cl)c(C(=O)Nc2cn[nH]c2)c1. The number of hydrogen-bond acceptors (Lipinski definition) is 3. The van der Waals surface area contributed by atoms with Crippen molar-refractivity contribution in [3.8, 4) is 0 Å². The third-order valence-corrected chi connectivity index (χ3v) is 3.27. The van der Waals surface area contributed by atoms with E-state index < -0.39 is 0 Å². The molecule has 0 saturated carbocycles. The van der Waals surface area contributed by atoms with Gasteiger partial charge in [-0.05, 0) is 23.6 Å². The quantitative estimate of drug-likeness (QED) is 0.796. The molecule has 1 heterocycles. The summed E-state index contributed by atoms with van der Waals surface area (Å²) in [7, 11) is 0. The molecule has 0 fully saturated rings. The van der Waals surface area contributed by atoms with Crippen molar-refractivity contribution in [2.75, 3.05) is 10.6 Å². The monoisotopic (exact) mass is 334 g/mol. The van der Waals surface area contributed by atoms with Crippen LogP contribution in [0.15, 0.2) is 30.6 Å². The number of nitrogens with one attached hydrogen (secondary N) is 3. The molecule has 0 aliphatic carbocycles. The standard InChI is InChI=1S/C16H19ClN4O2/c1-16(2,3)7-14(22)20-10-4-5-13(17)12(6-10)15(23)21-11-8-18-19-9-11/h4-6,8-9H,7H2,1-3H3,(H,18,19)(H,20,22)(H,21,23). The van der Waals surface area contributed by atoms with Gasteiger partial charge in [-0.15, -0.1) is 0 Å². The molecule has 6 nitrogen and oxygen atoms in total. The number of aromatic nitrogens is 2. The number of H-pyrrole nitrogens is 1. The first-order valence-corrected chi connectivity index (χ1v) is 7.52. The van der Waals surface area contributed by atoms with E-state index in [-0.39, 0.29) is 22.8 Å². The predicted octanol–water partition coefficient (Wildman–Crippen LogP) is 3.69. The van der Waals surface area contributed by atoms with Crippen LogP contribution in [0.3, 0.4) is 0 Å². The van der Waals surface area contributed by atoms with E-state index in [1.54, 1.807) is 24.4 Å². The Morgan fingerprint density at radius 2 is 1.96 bits per heavy atom. The van der Waals surface area contributed by atoms with Crippen LogP contribution in [0.2, 0.25) is 5.02 Å². The highest BCUT2D eigenvalue weighted by Crippen LogP contribution is 2.23. The molecule has 1 aromatic carbocycles. The second kappa shape index (κ2) is 6.83. The Balaban J connectivity index is 2.12. The molecule has 0 saturated heterocycles. The summed E-state index contributed by atoms with van der Waals surface area (Å²) in [4.78, 5) is 24.2. The topological polar surface area (TPSA) is 86.9 Å². The van der Waals surface area contributed by atoms with Crippen LogP contribution in [0, 0.1) is 5.41 Å². The average molecular weight is 335 g/mol. The molecule has 0 atom stereocenters. The van der Waals surface area contributed by atoms with Crippen molar-refractivity contribution in [2.45, 2.75) is 27.2 Å². The summed E-state index contributed by atoms with van der Waals surface area (Å²) >= 11 is 6.08. The number of amides is 2. The van der Waals surface area contributed by atoms with E-state index in [0.717, 1.165) is 0 Å². The Labute approximate surface area is 139 Å². The highest BCUT2D eigenvalue weighted by atomic mass is 35.5. The summed E-state index contributed by atoms with van der Waals surface area (Å²) in [5.74, 6) is -0.482. The van der Waals surface area contributed by atoms with Crippen LogP contribution in [0.4, 0.5) is 11.4 Å². The van der Waals surface area contributed by atoms with Crippen LogP contribution >= 0.6 is 11.6 Å². The third kappa shape index (κ3) is 5.10. The highest BCUT2D eigenvalue weighted by molar-refractivity contribution is 6.34. The fourth-order valence-corrected chi connectivity index (χ4v) is 2.18. The Kier molecular flexibility index (Phi) is 5.05. The molecular weight excluding hydrogens is 316 g/mol. The summed E-state index contributed by atoms with van der Waals surface area (Å²) in [6.07, 6.45) is 3.42. The Morgan fingerprint density at radius 3 is 2.57 bits per heavy atom. The van der Waals surface area contributed by atoms with Crippen LogP contribution in [0.5, 0.6) is 0 Å². The molecule has 2 rings (SSSR count). The zero-order chi connectivity index (χ0) is 17.0. The molecule has 0 bridgehead atoms. The fourth-order valence-electron chi connectivity index (χ4n) is 1.98. The summed E-state index contributed by atoms with van der Waals surface area (Å²) in [5.41, 5.74) is 1.23. The summed E-state index contributed by atoms with van der Waals surface area (Å²) in [6, 6.07) is 4.80. The van der Waals surface area contributed by atoms with Gasteiger partial charge in [0.15, 0.2) is 0 Å². The smallest absolute Gasteiger partial charge is 0.257 e. The minimum Gasteiger partial charge on any atom is -0.326 e. The van der Waals surface area contributed by atoms with Gasteiger partial charge in [-0.25, -0.2) is 0 Å². The van der Waals surface area contributed by atoms with Crippen LogP contribution in [0.25, 0.3) is 0 Å². The predicted molar refractivity (Wildman–Crippen MR) is 90.7 cm³/mol. The normalized spacial score (nSPS) is 11.1. The molecule has 0 aliphatic heterocycles. The minimum atomic E-state index is -0.372. The lowest BCUT2D eigenvalue weighted by Gasteiger charge is -2.17. The number of carbonyl (C=O) groups is 2. The van der Waals surface area contributed by atoms with Crippen molar-refractivity contribution in [1.29, 1.82) is 0 Å². The van der Waals surface area contributed by atoms with Gasteiger partial charge in [-0.1, -0.05) is 32.4 Å². The van der Waals surface area contributed by atoms with Crippen molar-refractivity contribution < 1.29 is 9.59 Å². The maximum absolute atomic E-state index is 12.2. The maximum Gasteiger partial charge on any atom is 0.257 e. The van der Waals surface area contributed by atoms with E-state index in [1.807, 2.05) is 20.8 Å². The summed E-state index contributed by atoms with van der Waals surface area (Å²) in [6.45, 7) is 5.95. The van der Waals surface area contributed by atoms with E-state index in [4.69, 9.17) is 11.6 Å². The van der Waals surface area contributed by atoms with Gasteiger partial charge in [0.1, 0.15) is 0 Å². The molecule has 122 valence electrons. The van der Waals surface area contributed by atoms with E-state index in [2.05, 4.69) is 20.8 Å². The first-order chi connectivity index (χ1) is 10.7. The molecule has 0 aliphatic rings. The van der Waals surface area contributed by atoms with Crippen LogP contribution in [-0.2, 0) is 4.79 Å². The Hall–Kier alpha value is -2.34. The van der Waals surface area contributed by atoms with E-state index >= 15 is 0 Å². The molecule has 2 amide bonds. The lowest BCUT2D eigenvalue weighted by molar-refractivity contribution is -0.117. The third-order valence-electron chi connectivity index (χ3n) is 2.94. The molecule has 0 radical (unpaired) electrons. The Bertz CT molecular complexity index is 705. The van der Waals surface area contributed by atoms with Crippen molar-refractivity contribution in [1.82, 2.24) is 10.2 Å². The van der Waals surface area contributed by atoms with E-state index in [0.29, 0.717) is 22.8 Å². The largest absolute Gasteiger partial charge is 0.326 e. The molecule has 2 aromatic rings. The van der Waals surface area contributed by atoms with E-state index in [9.17, 15) is 9.59 Å². The molecule has 0 unspecified atom stereocenters. The van der Waals surface area contributed by atoms with Gasteiger partial charge in [0.2, 0.25) is 5.91 Å². The number of benzene rings is 1. The summed E-state index contributed by atoms with van der Waals surface area (Å²) < 4.78 is 0. The van der Waals surface area contributed by atoms with Gasteiger partial charge in [0.05, 0.1) is 22.5 Å². The number of anilines is 2. The molecule has 23 heavy (non-hydrogen) atoms. The fraction of sp³-hybridized carbons (Fsp3) is 0.312. The van der Waals surface area contributed by atoms with Crippen molar-refractivity contribution in [2.24, 2.45) is 5.41 Å². The maximum atomic E-state index is 12.2. The van der Waals surface area contributed by atoms with Gasteiger partial charge in [-0.3, -0.25) is 14.7 Å². The van der Waals surface area contributed by atoms with Gasteiger partial charge in [-0.2, -0.15) is 5.10 Å². The van der Waals surface area contributed by atoms with Crippen molar-refractivity contribution >= 4 is 34.8 Å². The van der Waals surface area contributed by atoms with Crippen LogP contribution in [0.1, 0.15) is 37.6 Å². The Morgan fingerprint density at radius 1 is 1.22 bits per heavy atom. The summed E-state index contributed by atoms with van der Waals surface area (Å²) in [5, 5.41) is 12.1. The van der Waals surface area contributed by atoms with Crippen LogP contribution in [-0.4, -0.2) is 22.0 Å². The van der Waals surface area contributed by atoms with Gasteiger partial charge < -0.3 is 10.6 Å². The first-order valence-electron chi connectivity index (χ1n) is 7.14. The molecule has 3 N–H and O–H groups in total. The van der Waals surface area contributed by atoms with E-state index in [1.165, 1.54) is 6.20 Å². The van der Waals surface area contributed by atoms with Crippen molar-refractivity contribution in [3.05, 3.63) is 41.2 Å². The minimum absolute atomic E-state index is 0.110. The van der Waals surface area contributed by atoms with Gasteiger partial charge in [0.25, 0.3) is 5.91 Å². The molecule has 0 spiro atoms. The zero-order valence-corrected chi connectivity index (χ0v) is 14.0. The zero-order valence-electron chi connectivity index (χ0n) is 13.2. The molecule has 7 heteroatoms. The number of nitrogens with zero attached hydrogens (tertiary/aromatic N) is 1. The number of rotatable bonds is 4. The second-order valence-electron chi connectivity index (χ2n) is 6.42. The van der Waals surface area contributed by atoms with Gasteiger partial charge >= 0.3 is 0 Å².